The first-order valence-electron chi connectivity index (χ1n) is 9.44. The maximum absolute atomic E-state index is 13.0. The molecule has 0 saturated carbocycles. The Bertz CT molecular complexity index is 938. The molecule has 2 heterocycles. The summed E-state index contributed by atoms with van der Waals surface area (Å²) < 4.78 is 5.59. The molecular formula is C21H25N3O5. The lowest BCUT2D eigenvalue weighted by Crippen LogP contribution is -2.36. The van der Waals surface area contributed by atoms with Crippen molar-refractivity contribution in [3.05, 3.63) is 69.0 Å². The molecule has 1 amide bonds. The fourth-order valence-electron chi connectivity index (χ4n) is 3.25. The normalized spacial score (nSPS) is 15.6. The molecule has 2 unspecified atom stereocenters. The second-order valence-electron chi connectivity index (χ2n) is 8.21. The number of rotatable bonds is 3. The summed E-state index contributed by atoms with van der Waals surface area (Å²) in [6.45, 7) is 6.98. The van der Waals surface area contributed by atoms with Crippen molar-refractivity contribution in [2.45, 2.75) is 58.4 Å². The molecule has 0 aliphatic carbocycles. The Hall–Kier alpha value is -3.00. The lowest BCUT2D eigenvalue weighted by Gasteiger charge is -2.28. The number of hydrogen-bond donors (Lipinski definition) is 1. The van der Waals surface area contributed by atoms with Crippen molar-refractivity contribution in [3.63, 3.8) is 0 Å². The maximum atomic E-state index is 13.0. The first kappa shape index (κ1) is 20.7. The van der Waals surface area contributed by atoms with Crippen LogP contribution in [0.25, 0.3) is 0 Å². The molecule has 1 aromatic heterocycles. The molecule has 1 aliphatic heterocycles. The van der Waals surface area contributed by atoms with Gasteiger partial charge in [-0.05, 0) is 49.6 Å². The van der Waals surface area contributed by atoms with Gasteiger partial charge in [0.15, 0.2) is 0 Å². The number of hydrogen-bond acceptors (Lipinski definition) is 6. The van der Waals surface area contributed by atoms with Gasteiger partial charge in [0.25, 0.3) is 0 Å². The molecule has 0 fully saturated rings. The van der Waals surface area contributed by atoms with Gasteiger partial charge in [-0.2, -0.15) is 0 Å². The first-order valence-corrected chi connectivity index (χ1v) is 9.44. The fourth-order valence-corrected chi connectivity index (χ4v) is 3.25. The quantitative estimate of drug-likeness (QED) is 0.624. The summed E-state index contributed by atoms with van der Waals surface area (Å²) in [6, 6.07) is 7.63. The second-order valence-corrected chi connectivity index (χ2v) is 8.21. The maximum Gasteiger partial charge on any atom is 0.415 e. The van der Waals surface area contributed by atoms with Gasteiger partial charge in [-0.3, -0.25) is 20.0 Å². The van der Waals surface area contributed by atoms with Crippen LogP contribution >= 0.6 is 0 Å². The molecule has 0 bridgehead atoms. The van der Waals surface area contributed by atoms with E-state index in [0.29, 0.717) is 17.7 Å². The number of anilines is 1. The number of benzene rings is 1. The number of nitrogens with zero attached hydrogens (tertiary/aromatic N) is 3. The van der Waals surface area contributed by atoms with Crippen molar-refractivity contribution in [1.29, 1.82) is 0 Å². The van der Waals surface area contributed by atoms with Crippen molar-refractivity contribution >= 4 is 11.8 Å². The van der Waals surface area contributed by atoms with E-state index in [4.69, 9.17) is 4.74 Å². The lowest BCUT2D eigenvalue weighted by molar-refractivity contribution is -0.531. The Morgan fingerprint density at radius 2 is 2.03 bits per heavy atom. The Morgan fingerprint density at radius 3 is 2.69 bits per heavy atom. The van der Waals surface area contributed by atoms with E-state index in [1.807, 2.05) is 12.1 Å². The predicted molar refractivity (Wildman–Crippen MR) is 107 cm³/mol. The molecule has 29 heavy (non-hydrogen) atoms. The number of pyridine rings is 1. The average molecular weight is 399 g/mol. The minimum Gasteiger partial charge on any atom is -0.443 e. The third-order valence-electron chi connectivity index (χ3n) is 4.82. The highest BCUT2D eigenvalue weighted by molar-refractivity contribution is 5.89. The van der Waals surface area contributed by atoms with Crippen molar-refractivity contribution in [2.24, 2.45) is 0 Å². The highest BCUT2D eigenvalue weighted by Crippen LogP contribution is 2.34. The molecule has 8 nitrogen and oxygen atoms in total. The zero-order valence-electron chi connectivity index (χ0n) is 17.0. The number of amides is 1. The van der Waals surface area contributed by atoms with E-state index < -0.39 is 28.8 Å². The number of aliphatic hydroxyl groups is 1. The molecule has 3 rings (SSSR count). The van der Waals surface area contributed by atoms with E-state index in [1.165, 1.54) is 11.8 Å². The predicted octanol–water partition coefficient (Wildman–Crippen LogP) is 3.63. The molecule has 2 atom stereocenters. The Morgan fingerprint density at radius 1 is 1.31 bits per heavy atom. The summed E-state index contributed by atoms with van der Waals surface area (Å²) in [5.74, 6) is 0. The molecule has 2 aromatic rings. The summed E-state index contributed by atoms with van der Waals surface area (Å²) in [4.78, 5) is 29.5. The van der Waals surface area contributed by atoms with Gasteiger partial charge in [-0.1, -0.05) is 18.2 Å². The molecule has 1 aliphatic rings. The summed E-state index contributed by atoms with van der Waals surface area (Å²) in [5, 5.41) is 21.5. The Labute approximate surface area is 169 Å². The first-order chi connectivity index (χ1) is 13.6. The molecule has 1 aromatic carbocycles. The molecular weight excluding hydrogens is 374 g/mol. The summed E-state index contributed by atoms with van der Waals surface area (Å²) in [7, 11) is 0. The van der Waals surface area contributed by atoms with Crippen molar-refractivity contribution in [3.8, 4) is 0 Å². The van der Waals surface area contributed by atoms with Crippen LogP contribution in [0.15, 0.2) is 36.5 Å². The van der Waals surface area contributed by atoms with Gasteiger partial charge in [0.2, 0.25) is 6.04 Å². The van der Waals surface area contributed by atoms with Crippen LogP contribution in [0.4, 0.5) is 10.5 Å². The third kappa shape index (κ3) is 4.54. The van der Waals surface area contributed by atoms with E-state index >= 15 is 0 Å². The van der Waals surface area contributed by atoms with Crippen LogP contribution < -0.4 is 4.90 Å². The smallest absolute Gasteiger partial charge is 0.415 e. The zero-order valence-corrected chi connectivity index (χ0v) is 17.0. The number of aromatic nitrogens is 1. The van der Waals surface area contributed by atoms with Gasteiger partial charge in [-0.15, -0.1) is 0 Å². The van der Waals surface area contributed by atoms with Gasteiger partial charge >= 0.3 is 6.09 Å². The number of nitro groups is 1. The van der Waals surface area contributed by atoms with Crippen molar-refractivity contribution < 1.29 is 19.6 Å². The van der Waals surface area contributed by atoms with Crippen LogP contribution in [-0.4, -0.2) is 32.7 Å². The standard InChI is InChI=1S/C21H25N3O5/c1-13(24(27)28)19(25)15-8-7-14-10-17-16(6-5-9-22-17)12-23(18(14)11-15)20(26)29-21(2,3)4/h5-9,11,13,19,25H,10,12H2,1-4H3. The van der Waals surface area contributed by atoms with E-state index in [-0.39, 0.29) is 6.54 Å². The highest BCUT2D eigenvalue weighted by atomic mass is 16.6. The SMILES string of the molecule is CC(C(O)c1ccc2c(c1)N(C(=O)OC(C)(C)C)Cc1cccnc1C2)[N+](=O)[O-]. The van der Waals surface area contributed by atoms with Crippen molar-refractivity contribution in [1.82, 2.24) is 4.98 Å². The molecule has 1 N–H and O–H groups in total. The Balaban J connectivity index is 2.07. The zero-order chi connectivity index (χ0) is 21.3. The molecule has 154 valence electrons. The minimum atomic E-state index is -1.29. The number of carbonyl (C=O) groups is 1. The summed E-state index contributed by atoms with van der Waals surface area (Å²) in [6.07, 6.45) is 0.397. The lowest BCUT2D eigenvalue weighted by atomic mass is 9.98. The summed E-state index contributed by atoms with van der Waals surface area (Å²) in [5.41, 5.74) is 2.84. The number of ether oxygens (including phenoxy) is 1. The largest absolute Gasteiger partial charge is 0.443 e. The average Bonchev–Trinajstić information content (AvgIpc) is 2.81. The number of fused-ring (bicyclic) bond motifs is 2. The van der Waals surface area contributed by atoms with Gasteiger partial charge in [0.05, 0.1) is 12.2 Å². The number of aliphatic hydroxyl groups excluding tert-OH is 1. The molecule has 0 spiro atoms. The van der Waals surface area contributed by atoms with E-state index in [1.54, 1.807) is 45.2 Å². The third-order valence-corrected chi connectivity index (χ3v) is 4.82. The van der Waals surface area contributed by atoms with Gasteiger partial charge in [0.1, 0.15) is 11.7 Å². The van der Waals surface area contributed by atoms with Crippen LogP contribution in [0.2, 0.25) is 0 Å². The van der Waals surface area contributed by atoms with E-state index in [9.17, 15) is 20.0 Å². The van der Waals surface area contributed by atoms with Crippen LogP contribution in [0, 0.1) is 10.1 Å². The van der Waals surface area contributed by atoms with Crippen LogP contribution in [0.1, 0.15) is 56.2 Å². The van der Waals surface area contributed by atoms with Crippen LogP contribution in [0.5, 0.6) is 0 Å². The molecule has 0 radical (unpaired) electrons. The van der Waals surface area contributed by atoms with Crippen LogP contribution in [0.3, 0.4) is 0 Å². The van der Waals surface area contributed by atoms with Crippen LogP contribution in [-0.2, 0) is 17.7 Å². The van der Waals surface area contributed by atoms with E-state index in [0.717, 1.165) is 16.8 Å². The minimum absolute atomic E-state index is 0.259. The number of carbonyl (C=O) groups excluding carboxylic acids is 1. The van der Waals surface area contributed by atoms with Crippen molar-refractivity contribution in [2.75, 3.05) is 4.90 Å². The van der Waals surface area contributed by atoms with Gasteiger partial charge < -0.3 is 9.84 Å². The molecule has 8 heteroatoms. The highest BCUT2D eigenvalue weighted by Gasteiger charge is 2.31. The van der Waals surface area contributed by atoms with E-state index in [2.05, 4.69) is 4.98 Å². The monoisotopic (exact) mass is 399 g/mol. The Kier molecular flexibility index (Phi) is 5.57. The summed E-state index contributed by atoms with van der Waals surface area (Å²) >= 11 is 0. The van der Waals surface area contributed by atoms with Gasteiger partial charge in [-0.25, -0.2) is 4.79 Å². The fraction of sp³-hybridized carbons (Fsp3) is 0.429. The topological polar surface area (TPSA) is 106 Å². The molecule has 0 saturated heterocycles. The van der Waals surface area contributed by atoms with Gasteiger partial charge in [0, 0.05) is 30.2 Å². The second kappa shape index (κ2) is 7.79.